The van der Waals surface area contributed by atoms with Crippen LogP contribution in [0.5, 0.6) is 0 Å². The van der Waals surface area contributed by atoms with E-state index in [0.717, 1.165) is 23.4 Å². The van der Waals surface area contributed by atoms with Gasteiger partial charge in [-0.3, -0.25) is 9.78 Å². The summed E-state index contributed by atoms with van der Waals surface area (Å²) < 4.78 is 0. The van der Waals surface area contributed by atoms with Crippen LogP contribution < -0.4 is 0 Å². The maximum Gasteiger partial charge on any atom is 0.222 e. The number of amides is 1. The van der Waals surface area contributed by atoms with Crippen molar-refractivity contribution in [1.82, 2.24) is 9.88 Å². The third-order valence-electron chi connectivity index (χ3n) is 3.88. The minimum absolute atomic E-state index is 0.158. The van der Waals surface area contributed by atoms with Gasteiger partial charge in [-0.15, -0.1) is 0 Å². The zero-order valence-corrected chi connectivity index (χ0v) is 13.8. The van der Waals surface area contributed by atoms with E-state index < -0.39 is 0 Å². The second-order valence-electron chi connectivity index (χ2n) is 5.54. The van der Waals surface area contributed by atoms with Crippen LogP contribution in [0.1, 0.15) is 24.5 Å². The Balaban J connectivity index is 1.85. The highest BCUT2D eigenvalue weighted by Crippen LogP contribution is 2.13. The highest BCUT2D eigenvalue weighted by molar-refractivity contribution is 6.30. The number of aromatic nitrogens is 1. The molecule has 3 nitrogen and oxygen atoms in total. The molecule has 0 N–H and O–H groups in total. The molecule has 1 aromatic heterocycles. The fraction of sp³-hybridized carbons (Fsp3) is 0.333. The quantitative estimate of drug-likeness (QED) is 0.813. The van der Waals surface area contributed by atoms with E-state index in [1.165, 1.54) is 5.56 Å². The average Bonchev–Trinajstić information content (AvgIpc) is 2.55. The molecule has 1 amide bonds. The molecule has 0 saturated carbocycles. The summed E-state index contributed by atoms with van der Waals surface area (Å²) >= 11 is 5.89. The van der Waals surface area contributed by atoms with Crippen LogP contribution in [-0.4, -0.2) is 28.9 Å². The molecule has 0 radical (unpaired) electrons. The lowest BCUT2D eigenvalue weighted by molar-refractivity contribution is -0.131. The molecule has 2 rings (SSSR count). The van der Waals surface area contributed by atoms with Gasteiger partial charge in [-0.1, -0.05) is 23.7 Å². The van der Waals surface area contributed by atoms with Crippen molar-refractivity contribution >= 4 is 17.5 Å². The largest absolute Gasteiger partial charge is 0.343 e. The second-order valence-corrected chi connectivity index (χ2v) is 5.98. The lowest BCUT2D eigenvalue weighted by Crippen LogP contribution is -2.36. The van der Waals surface area contributed by atoms with Gasteiger partial charge in [0.05, 0.1) is 0 Å². The fourth-order valence-corrected chi connectivity index (χ4v) is 2.45. The molecule has 22 heavy (non-hydrogen) atoms. The summed E-state index contributed by atoms with van der Waals surface area (Å²) in [4.78, 5) is 18.1. The first-order valence-corrected chi connectivity index (χ1v) is 7.83. The van der Waals surface area contributed by atoms with Gasteiger partial charge in [0.2, 0.25) is 5.91 Å². The van der Waals surface area contributed by atoms with Gasteiger partial charge in [0.15, 0.2) is 0 Å². The number of rotatable bonds is 6. The second kappa shape index (κ2) is 7.95. The third kappa shape index (κ3) is 4.85. The normalized spacial score (nSPS) is 12.0. The standard InChI is InChI=1S/C18H21ClN2O/c1-14(13-16-3-6-17(19)7-4-16)21(2)18(22)8-5-15-9-11-20-12-10-15/h3-4,6-7,9-12,14H,5,8,13H2,1-2H3/t14-/m0/s1. The van der Waals surface area contributed by atoms with Crippen molar-refractivity contribution in [3.8, 4) is 0 Å². The van der Waals surface area contributed by atoms with Crippen LogP contribution in [0.2, 0.25) is 5.02 Å². The van der Waals surface area contributed by atoms with Gasteiger partial charge >= 0.3 is 0 Å². The van der Waals surface area contributed by atoms with E-state index in [0.29, 0.717) is 6.42 Å². The molecule has 1 heterocycles. The van der Waals surface area contributed by atoms with Gasteiger partial charge in [-0.2, -0.15) is 0 Å². The first-order chi connectivity index (χ1) is 10.6. The molecular weight excluding hydrogens is 296 g/mol. The maximum atomic E-state index is 12.3. The van der Waals surface area contributed by atoms with Crippen LogP contribution in [0.4, 0.5) is 0 Å². The summed E-state index contributed by atoms with van der Waals surface area (Å²) in [5.74, 6) is 0.165. The van der Waals surface area contributed by atoms with Crippen LogP contribution in [0, 0.1) is 0 Å². The Labute approximate surface area is 136 Å². The molecule has 1 atom stereocenters. The van der Waals surface area contributed by atoms with Gasteiger partial charge in [-0.05, 0) is 55.2 Å². The van der Waals surface area contributed by atoms with E-state index in [9.17, 15) is 4.79 Å². The van der Waals surface area contributed by atoms with Gasteiger partial charge in [0, 0.05) is 36.9 Å². The number of halogens is 1. The van der Waals surface area contributed by atoms with Crippen LogP contribution in [0.15, 0.2) is 48.8 Å². The van der Waals surface area contributed by atoms with E-state index in [-0.39, 0.29) is 11.9 Å². The van der Waals surface area contributed by atoms with Crippen molar-refractivity contribution in [2.45, 2.75) is 32.2 Å². The monoisotopic (exact) mass is 316 g/mol. The lowest BCUT2D eigenvalue weighted by Gasteiger charge is -2.25. The maximum absolute atomic E-state index is 12.3. The zero-order chi connectivity index (χ0) is 15.9. The smallest absolute Gasteiger partial charge is 0.222 e. The Hall–Kier alpha value is -1.87. The Morgan fingerprint density at radius 1 is 1.14 bits per heavy atom. The first-order valence-electron chi connectivity index (χ1n) is 7.45. The molecule has 0 aliphatic carbocycles. The lowest BCUT2D eigenvalue weighted by atomic mass is 10.1. The average molecular weight is 317 g/mol. The highest BCUT2D eigenvalue weighted by atomic mass is 35.5. The topological polar surface area (TPSA) is 33.2 Å². The molecule has 0 spiro atoms. The van der Waals surface area contributed by atoms with Crippen LogP contribution in [0.3, 0.4) is 0 Å². The van der Waals surface area contributed by atoms with Gasteiger partial charge in [0.1, 0.15) is 0 Å². The molecule has 2 aromatic rings. The molecule has 0 unspecified atom stereocenters. The van der Waals surface area contributed by atoms with E-state index in [1.54, 1.807) is 12.4 Å². The molecule has 0 aliphatic rings. The van der Waals surface area contributed by atoms with Crippen LogP contribution >= 0.6 is 11.6 Å². The molecule has 0 fully saturated rings. The molecule has 0 aliphatic heterocycles. The van der Waals surface area contributed by atoms with Gasteiger partial charge in [-0.25, -0.2) is 0 Å². The number of carbonyl (C=O) groups is 1. The summed E-state index contributed by atoms with van der Waals surface area (Å²) in [6.07, 6.45) is 5.61. The number of hydrogen-bond acceptors (Lipinski definition) is 2. The zero-order valence-electron chi connectivity index (χ0n) is 13.0. The number of nitrogens with zero attached hydrogens (tertiary/aromatic N) is 2. The molecule has 116 valence electrons. The number of hydrogen-bond donors (Lipinski definition) is 0. The Morgan fingerprint density at radius 2 is 1.77 bits per heavy atom. The molecule has 4 heteroatoms. The summed E-state index contributed by atoms with van der Waals surface area (Å²) in [6, 6.07) is 11.8. The number of carbonyl (C=O) groups excluding carboxylic acids is 1. The van der Waals surface area contributed by atoms with Crippen LogP contribution in [-0.2, 0) is 17.6 Å². The number of likely N-dealkylation sites (N-methyl/N-ethyl adjacent to an activating group) is 1. The Bertz CT molecular complexity index is 598. The van der Waals surface area contributed by atoms with Crippen LogP contribution in [0.25, 0.3) is 0 Å². The van der Waals surface area contributed by atoms with Crippen molar-refractivity contribution in [2.75, 3.05) is 7.05 Å². The SMILES string of the molecule is C[C@@H](Cc1ccc(Cl)cc1)N(C)C(=O)CCc1ccncc1. The van der Waals surface area contributed by atoms with Crippen molar-refractivity contribution in [3.05, 3.63) is 64.9 Å². The van der Waals surface area contributed by atoms with Crippen molar-refractivity contribution in [1.29, 1.82) is 0 Å². The first kappa shape index (κ1) is 16.5. The molecule has 1 aromatic carbocycles. The number of pyridine rings is 1. The number of aryl methyl sites for hydroxylation is 1. The minimum Gasteiger partial charge on any atom is -0.343 e. The molecular formula is C18H21ClN2O. The highest BCUT2D eigenvalue weighted by Gasteiger charge is 2.16. The summed E-state index contributed by atoms with van der Waals surface area (Å²) in [5, 5.41) is 0.734. The summed E-state index contributed by atoms with van der Waals surface area (Å²) in [6.45, 7) is 2.07. The minimum atomic E-state index is 0.158. The van der Waals surface area contributed by atoms with Crippen molar-refractivity contribution in [2.24, 2.45) is 0 Å². The number of benzene rings is 1. The van der Waals surface area contributed by atoms with Crippen molar-refractivity contribution < 1.29 is 4.79 Å². The van der Waals surface area contributed by atoms with Crippen molar-refractivity contribution in [3.63, 3.8) is 0 Å². The predicted molar refractivity (Wildman–Crippen MR) is 89.9 cm³/mol. The summed E-state index contributed by atoms with van der Waals surface area (Å²) in [5.41, 5.74) is 2.33. The van der Waals surface area contributed by atoms with Gasteiger partial charge < -0.3 is 4.90 Å². The van der Waals surface area contributed by atoms with E-state index in [1.807, 2.05) is 48.3 Å². The molecule has 0 bridgehead atoms. The molecule has 0 saturated heterocycles. The third-order valence-corrected chi connectivity index (χ3v) is 4.13. The van der Waals surface area contributed by atoms with E-state index in [4.69, 9.17) is 11.6 Å². The Kier molecular flexibility index (Phi) is 5.96. The van der Waals surface area contributed by atoms with E-state index >= 15 is 0 Å². The predicted octanol–water partition coefficient (Wildman–Crippen LogP) is 3.76. The fourth-order valence-electron chi connectivity index (χ4n) is 2.32. The van der Waals surface area contributed by atoms with E-state index in [2.05, 4.69) is 11.9 Å². The summed E-state index contributed by atoms with van der Waals surface area (Å²) in [7, 11) is 1.87. The Morgan fingerprint density at radius 3 is 2.41 bits per heavy atom. The van der Waals surface area contributed by atoms with Gasteiger partial charge in [0.25, 0.3) is 0 Å².